The summed E-state index contributed by atoms with van der Waals surface area (Å²) in [5.41, 5.74) is -0.594. The molecular formula is C12H8ClFN2O3. The van der Waals surface area contributed by atoms with Gasteiger partial charge < -0.3 is 4.57 Å². The first-order chi connectivity index (χ1) is 8.99. The Morgan fingerprint density at radius 3 is 2.68 bits per heavy atom. The highest BCUT2D eigenvalue weighted by Crippen LogP contribution is 2.20. The van der Waals surface area contributed by atoms with E-state index in [1.54, 1.807) is 0 Å². The second-order valence-electron chi connectivity index (χ2n) is 3.81. The molecule has 2 rings (SSSR count). The van der Waals surface area contributed by atoms with Gasteiger partial charge in [-0.25, -0.2) is 4.39 Å². The summed E-state index contributed by atoms with van der Waals surface area (Å²) in [6, 6.07) is 6.30. The number of nitrogens with zero attached hydrogens (tertiary/aromatic N) is 2. The molecule has 0 bridgehead atoms. The Morgan fingerprint density at radius 2 is 2.05 bits per heavy atom. The van der Waals surface area contributed by atoms with E-state index in [9.17, 15) is 19.3 Å². The third-order valence-corrected chi connectivity index (χ3v) is 2.92. The first-order valence-corrected chi connectivity index (χ1v) is 5.64. The minimum atomic E-state index is -0.626. The molecule has 0 aliphatic heterocycles. The van der Waals surface area contributed by atoms with Crippen molar-refractivity contribution in [2.45, 2.75) is 6.54 Å². The second kappa shape index (κ2) is 5.19. The minimum absolute atomic E-state index is 0.117. The zero-order chi connectivity index (χ0) is 14.0. The number of rotatable bonds is 3. The highest BCUT2D eigenvalue weighted by Gasteiger charge is 2.12. The molecule has 19 heavy (non-hydrogen) atoms. The maximum atomic E-state index is 13.6. The Bertz CT molecular complexity index is 679. The molecule has 0 aliphatic rings. The molecule has 7 heteroatoms. The van der Waals surface area contributed by atoms with Gasteiger partial charge in [-0.3, -0.25) is 14.9 Å². The summed E-state index contributed by atoms with van der Waals surface area (Å²) in [7, 11) is 0. The van der Waals surface area contributed by atoms with E-state index in [0.29, 0.717) is 0 Å². The van der Waals surface area contributed by atoms with Crippen LogP contribution >= 0.6 is 11.6 Å². The molecule has 0 N–H and O–H groups in total. The van der Waals surface area contributed by atoms with Crippen LogP contribution < -0.4 is 5.56 Å². The fourth-order valence-electron chi connectivity index (χ4n) is 1.60. The van der Waals surface area contributed by atoms with Gasteiger partial charge in [0.25, 0.3) is 11.2 Å². The van der Waals surface area contributed by atoms with Gasteiger partial charge in [-0.2, -0.15) is 0 Å². The van der Waals surface area contributed by atoms with E-state index in [-0.39, 0.29) is 22.8 Å². The van der Waals surface area contributed by atoms with Crippen molar-refractivity contribution in [1.29, 1.82) is 0 Å². The van der Waals surface area contributed by atoms with E-state index in [0.717, 1.165) is 22.9 Å². The molecular weight excluding hydrogens is 275 g/mol. The van der Waals surface area contributed by atoms with Gasteiger partial charge in [-0.15, -0.1) is 0 Å². The molecule has 0 saturated heterocycles. The topological polar surface area (TPSA) is 65.1 Å². The SMILES string of the molecule is O=c1ccc([N+](=O)[O-])cn1Cc1c(F)cccc1Cl. The van der Waals surface area contributed by atoms with Gasteiger partial charge in [-0.1, -0.05) is 17.7 Å². The smallest absolute Gasteiger partial charge is 0.285 e. The lowest BCUT2D eigenvalue weighted by molar-refractivity contribution is -0.385. The van der Waals surface area contributed by atoms with E-state index in [2.05, 4.69) is 0 Å². The second-order valence-corrected chi connectivity index (χ2v) is 4.22. The van der Waals surface area contributed by atoms with Gasteiger partial charge in [0.2, 0.25) is 0 Å². The van der Waals surface area contributed by atoms with Crippen LogP contribution in [-0.2, 0) is 6.54 Å². The lowest BCUT2D eigenvalue weighted by atomic mass is 10.2. The van der Waals surface area contributed by atoms with E-state index >= 15 is 0 Å². The average Bonchev–Trinajstić information content (AvgIpc) is 2.35. The molecule has 0 unspecified atom stereocenters. The molecule has 2 aromatic rings. The number of nitro groups is 1. The van der Waals surface area contributed by atoms with Crippen LogP contribution in [0.4, 0.5) is 10.1 Å². The standard InChI is InChI=1S/C12H8ClFN2O3/c13-10-2-1-3-11(14)9(10)7-15-6-8(16(18)19)4-5-12(15)17/h1-6H,7H2. The molecule has 0 saturated carbocycles. The van der Waals surface area contributed by atoms with E-state index in [4.69, 9.17) is 11.6 Å². The summed E-state index contributed by atoms with van der Waals surface area (Å²) in [6.45, 7) is -0.161. The van der Waals surface area contributed by atoms with Crippen molar-refractivity contribution in [3.63, 3.8) is 0 Å². The summed E-state index contributed by atoms with van der Waals surface area (Å²) in [4.78, 5) is 21.6. The van der Waals surface area contributed by atoms with Crippen LogP contribution in [0.5, 0.6) is 0 Å². The van der Waals surface area contributed by atoms with Crippen LogP contribution in [0.2, 0.25) is 5.02 Å². The van der Waals surface area contributed by atoms with Crippen molar-refractivity contribution >= 4 is 17.3 Å². The van der Waals surface area contributed by atoms with Crippen LogP contribution in [-0.4, -0.2) is 9.49 Å². The Balaban J connectivity index is 2.46. The number of halogens is 2. The summed E-state index contributed by atoms with van der Waals surface area (Å²) < 4.78 is 14.6. The number of hydrogen-bond donors (Lipinski definition) is 0. The van der Waals surface area contributed by atoms with Crippen LogP contribution in [0.15, 0.2) is 41.3 Å². The molecule has 0 aliphatic carbocycles. The van der Waals surface area contributed by atoms with E-state index in [1.807, 2.05) is 0 Å². The number of pyridine rings is 1. The van der Waals surface area contributed by atoms with E-state index < -0.39 is 16.3 Å². The van der Waals surface area contributed by atoms with Crippen molar-refractivity contribution in [2.75, 3.05) is 0 Å². The van der Waals surface area contributed by atoms with Gasteiger partial charge >= 0.3 is 0 Å². The van der Waals surface area contributed by atoms with Gasteiger partial charge in [0.05, 0.1) is 17.7 Å². The number of hydrogen-bond acceptors (Lipinski definition) is 3. The molecule has 0 amide bonds. The minimum Gasteiger partial charge on any atom is -0.304 e. The Hall–Kier alpha value is -2.21. The first-order valence-electron chi connectivity index (χ1n) is 5.27. The van der Waals surface area contributed by atoms with Crippen LogP contribution in [0.25, 0.3) is 0 Å². The van der Waals surface area contributed by atoms with E-state index in [1.165, 1.54) is 18.2 Å². The van der Waals surface area contributed by atoms with Crippen LogP contribution in [0.3, 0.4) is 0 Å². The summed E-state index contributed by atoms with van der Waals surface area (Å²) in [6.07, 6.45) is 1.06. The van der Waals surface area contributed by atoms with Crippen LogP contribution in [0.1, 0.15) is 5.56 Å². The van der Waals surface area contributed by atoms with Crippen molar-refractivity contribution < 1.29 is 9.31 Å². The third kappa shape index (κ3) is 2.79. The van der Waals surface area contributed by atoms with Crippen molar-refractivity contribution in [3.05, 3.63) is 73.4 Å². The monoisotopic (exact) mass is 282 g/mol. The van der Waals surface area contributed by atoms with Gasteiger partial charge in [-0.05, 0) is 12.1 Å². The van der Waals surface area contributed by atoms with Crippen molar-refractivity contribution in [3.8, 4) is 0 Å². The molecule has 1 aromatic heterocycles. The van der Waals surface area contributed by atoms with Crippen molar-refractivity contribution in [1.82, 2.24) is 4.57 Å². The predicted octanol–water partition coefficient (Wildman–Crippen LogP) is 2.60. The molecule has 1 aromatic carbocycles. The maximum Gasteiger partial charge on any atom is 0.285 e. The zero-order valence-electron chi connectivity index (χ0n) is 9.55. The largest absolute Gasteiger partial charge is 0.304 e. The highest BCUT2D eigenvalue weighted by atomic mass is 35.5. The Labute approximate surface area is 112 Å². The average molecular weight is 283 g/mol. The van der Waals surface area contributed by atoms with Gasteiger partial charge in [0, 0.05) is 22.7 Å². The number of benzene rings is 1. The summed E-state index contributed by atoms with van der Waals surface area (Å²) >= 11 is 5.84. The molecule has 0 radical (unpaired) electrons. The first kappa shape index (κ1) is 13.2. The van der Waals surface area contributed by atoms with Crippen LogP contribution in [0, 0.1) is 15.9 Å². The molecule has 5 nitrogen and oxygen atoms in total. The highest BCUT2D eigenvalue weighted by molar-refractivity contribution is 6.31. The molecule has 0 atom stereocenters. The Kier molecular flexibility index (Phi) is 3.62. The maximum absolute atomic E-state index is 13.6. The normalized spacial score (nSPS) is 10.4. The third-order valence-electron chi connectivity index (χ3n) is 2.57. The van der Waals surface area contributed by atoms with Gasteiger partial charge in [0.15, 0.2) is 0 Å². The molecule has 98 valence electrons. The quantitative estimate of drug-likeness (QED) is 0.642. The van der Waals surface area contributed by atoms with Crippen molar-refractivity contribution in [2.24, 2.45) is 0 Å². The summed E-state index contributed by atoms with van der Waals surface area (Å²) in [5.74, 6) is -0.564. The molecule has 0 spiro atoms. The fourth-order valence-corrected chi connectivity index (χ4v) is 1.83. The zero-order valence-corrected chi connectivity index (χ0v) is 10.3. The predicted molar refractivity (Wildman–Crippen MR) is 67.9 cm³/mol. The molecule has 1 heterocycles. The fraction of sp³-hybridized carbons (Fsp3) is 0.0833. The lowest BCUT2D eigenvalue weighted by Crippen LogP contribution is -2.20. The molecule has 0 fully saturated rings. The summed E-state index contributed by atoms with van der Waals surface area (Å²) in [5, 5.41) is 10.8. The van der Waals surface area contributed by atoms with Gasteiger partial charge in [0.1, 0.15) is 5.82 Å². The number of aromatic nitrogens is 1. The lowest BCUT2D eigenvalue weighted by Gasteiger charge is -2.08. The Morgan fingerprint density at radius 1 is 1.32 bits per heavy atom.